The Morgan fingerprint density at radius 1 is 1.19 bits per heavy atom. The lowest BCUT2D eigenvalue weighted by molar-refractivity contribution is 0.180. The van der Waals surface area contributed by atoms with Gasteiger partial charge in [-0.05, 0) is 12.8 Å². The summed E-state index contributed by atoms with van der Waals surface area (Å²) >= 11 is 0. The van der Waals surface area contributed by atoms with Gasteiger partial charge in [0.25, 0.3) is 0 Å². The van der Waals surface area contributed by atoms with Crippen molar-refractivity contribution >= 4 is 11.5 Å². The van der Waals surface area contributed by atoms with Gasteiger partial charge >= 0.3 is 0 Å². The zero-order valence-electron chi connectivity index (χ0n) is 13.0. The third-order valence-corrected chi connectivity index (χ3v) is 3.73. The van der Waals surface area contributed by atoms with E-state index in [1.807, 2.05) is 0 Å². The molecule has 2 rings (SSSR count). The second-order valence-corrected chi connectivity index (χ2v) is 5.38. The van der Waals surface area contributed by atoms with E-state index in [2.05, 4.69) is 22.2 Å². The number of nitrogen functional groups attached to an aromatic ring is 1. The first-order valence-corrected chi connectivity index (χ1v) is 7.74. The standard InChI is InChI=1S/C15H25N5O/c1-3-4-5-6-7-8-9-12-13(11-21-2)18-14-10-17-19-20(14)15(12)16/h10H,3-9,11,16H2,1-2H3. The molecule has 0 radical (unpaired) electrons. The van der Waals surface area contributed by atoms with Crippen molar-refractivity contribution in [2.24, 2.45) is 0 Å². The maximum absolute atomic E-state index is 6.22. The minimum absolute atomic E-state index is 0.469. The fourth-order valence-corrected chi connectivity index (χ4v) is 2.57. The molecule has 0 amide bonds. The summed E-state index contributed by atoms with van der Waals surface area (Å²) in [4.78, 5) is 4.55. The van der Waals surface area contributed by atoms with Gasteiger partial charge in [-0.3, -0.25) is 0 Å². The maximum atomic E-state index is 6.22. The molecule has 0 fully saturated rings. The average molecular weight is 291 g/mol. The van der Waals surface area contributed by atoms with Gasteiger partial charge in [-0.25, -0.2) is 4.98 Å². The molecule has 0 aliphatic carbocycles. The summed E-state index contributed by atoms with van der Waals surface area (Å²) < 4.78 is 6.84. The highest BCUT2D eigenvalue weighted by atomic mass is 16.5. The molecule has 0 saturated carbocycles. The van der Waals surface area contributed by atoms with E-state index >= 15 is 0 Å². The second-order valence-electron chi connectivity index (χ2n) is 5.38. The van der Waals surface area contributed by atoms with Crippen molar-refractivity contribution in [1.82, 2.24) is 19.8 Å². The summed E-state index contributed by atoms with van der Waals surface area (Å²) in [6.45, 7) is 2.70. The molecule has 0 atom stereocenters. The van der Waals surface area contributed by atoms with Crippen molar-refractivity contribution in [2.75, 3.05) is 12.8 Å². The predicted molar refractivity (Wildman–Crippen MR) is 83.0 cm³/mol. The van der Waals surface area contributed by atoms with Crippen molar-refractivity contribution < 1.29 is 4.74 Å². The number of nitrogens with zero attached hydrogens (tertiary/aromatic N) is 4. The summed E-state index contributed by atoms with van der Waals surface area (Å²) in [6.07, 6.45) is 10.1. The first-order valence-electron chi connectivity index (χ1n) is 7.74. The Kier molecular flexibility index (Phi) is 5.92. The fraction of sp³-hybridized carbons (Fsp3) is 0.667. The molecule has 2 N–H and O–H groups in total. The number of methoxy groups -OCH3 is 1. The molecular formula is C15H25N5O. The van der Waals surface area contributed by atoms with Gasteiger partial charge in [0.2, 0.25) is 0 Å². The van der Waals surface area contributed by atoms with Gasteiger partial charge in [-0.15, -0.1) is 5.10 Å². The van der Waals surface area contributed by atoms with Crippen LogP contribution in [0.5, 0.6) is 0 Å². The zero-order chi connectivity index (χ0) is 15.1. The normalized spacial score (nSPS) is 11.3. The van der Waals surface area contributed by atoms with Gasteiger partial charge in [0.1, 0.15) is 5.82 Å². The lowest BCUT2D eigenvalue weighted by atomic mass is 10.0. The van der Waals surface area contributed by atoms with Crippen LogP contribution in [0.25, 0.3) is 5.65 Å². The van der Waals surface area contributed by atoms with Crippen molar-refractivity contribution in [3.63, 3.8) is 0 Å². The number of hydrogen-bond donors (Lipinski definition) is 1. The third-order valence-electron chi connectivity index (χ3n) is 3.73. The van der Waals surface area contributed by atoms with Gasteiger partial charge < -0.3 is 10.5 Å². The highest BCUT2D eigenvalue weighted by Crippen LogP contribution is 2.20. The molecular weight excluding hydrogens is 266 g/mol. The Morgan fingerprint density at radius 3 is 2.71 bits per heavy atom. The van der Waals surface area contributed by atoms with Crippen LogP contribution in [0.4, 0.5) is 5.82 Å². The van der Waals surface area contributed by atoms with Gasteiger partial charge in [0.15, 0.2) is 5.65 Å². The Hall–Kier alpha value is -1.69. The van der Waals surface area contributed by atoms with Crippen LogP contribution in [0.2, 0.25) is 0 Å². The summed E-state index contributed by atoms with van der Waals surface area (Å²) in [5.41, 5.74) is 8.84. The summed E-state index contributed by atoms with van der Waals surface area (Å²) in [6, 6.07) is 0. The molecule has 6 heteroatoms. The predicted octanol–water partition coefficient (Wildman–Crippen LogP) is 2.76. The van der Waals surface area contributed by atoms with Crippen molar-refractivity contribution in [2.45, 2.75) is 58.5 Å². The molecule has 21 heavy (non-hydrogen) atoms. The van der Waals surface area contributed by atoms with E-state index in [1.54, 1.807) is 17.8 Å². The third kappa shape index (κ3) is 3.91. The van der Waals surface area contributed by atoms with E-state index in [1.165, 1.54) is 32.1 Å². The molecule has 116 valence electrons. The second kappa shape index (κ2) is 7.93. The van der Waals surface area contributed by atoms with Crippen LogP contribution in [-0.4, -0.2) is 26.9 Å². The summed E-state index contributed by atoms with van der Waals surface area (Å²) in [5, 5.41) is 7.85. The molecule has 0 saturated heterocycles. The van der Waals surface area contributed by atoms with Crippen LogP contribution in [0.1, 0.15) is 56.7 Å². The minimum Gasteiger partial charge on any atom is -0.383 e. The monoisotopic (exact) mass is 291 g/mol. The van der Waals surface area contributed by atoms with Crippen molar-refractivity contribution in [3.05, 3.63) is 17.5 Å². The highest BCUT2D eigenvalue weighted by Gasteiger charge is 2.13. The number of anilines is 1. The van der Waals surface area contributed by atoms with Gasteiger partial charge in [-0.2, -0.15) is 4.52 Å². The molecule has 0 aliphatic heterocycles. The SMILES string of the molecule is CCCCCCCCc1c(COC)nc2cnnn2c1N. The first-order chi connectivity index (χ1) is 10.3. The fourth-order valence-electron chi connectivity index (χ4n) is 2.57. The van der Waals surface area contributed by atoms with Crippen LogP contribution in [0.15, 0.2) is 6.20 Å². The summed E-state index contributed by atoms with van der Waals surface area (Å²) in [7, 11) is 1.67. The Balaban J connectivity index is 2.05. The quantitative estimate of drug-likeness (QED) is 0.719. The van der Waals surface area contributed by atoms with E-state index < -0.39 is 0 Å². The van der Waals surface area contributed by atoms with E-state index in [4.69, 9.17) is 10.5 Å². The maximum Gasteiger partial charge on any atom is 0.178 e. The van der Waals surface area contributed by atoms with E-state index in [0.717, 1.165) is 24.1 Å². The molecule has 0 spiro atoms. The lowest BCUT2D eigenvalue weighted by Gasteiger charge is -2.12. The van der Waals surface area contributed by atoms with Gasteiger partial charge in [0.05, 0.1) is 18.5 Å². The van der Waals surface area contributed by atoms with Crippen LogP contribution in [0, 0.1) is 0 Å². The lowest BCUT2D eigenvalue weighted by Crippen LogP contribution is -2.10. The molecule has 0 aliphatic rings. The molecule has 2 heterocycles. The van der Waals surface area contributed by atoms with E-state index in [9.17, 15) is 0 Å². The van der Waals surface area contributed by atoms with Crippen LogP contribution in [-0.2, 0) is 17.8 Å². The number of aromatic nitrogens is 4. The number of rotatable bonds is 9. The Bertz CT molecular complexity index is 566. The van der Waals surface area contributed by atoms with Gasteiger partial charge in [-0.1, -0.05) is 44.2 Å². The summed E-state index contributed by atoms with van der Waals surface area (Å²) in [5.74, 6) is 0.637. The highest BCUT2D eigenvalue weighted by molar-refractivity contribution is 5.51. The first kappa shape index (κ1) is 15.7. The largest absolute Gasteiger partial charge is 0.383 e. The molecule has 2 aromatic heterocycles. The van der Waals surface area contributed by atoms with E-state index in [-0.39, 0.29) is 0 Å². The number of nitrogens with two attached hydrogens (primary N) is 1. The van der Waals surface area contributed by atoms with Crippen LogP contribution >= 0.6 is 0 Å². The van der Waals surface area contributed by atoms with Crippen LogP contribution in [0.3, 0.4) is 0 Å². The average Bonchev–Trinajstić information content (AvgIpc) is 2.94. The van der Waals surface area contributed by atoms with Crippen molar-refractivity contribution in [1.29, 1.82) is 0 Å². The topological polar surface area (TPSA) is 78.3 Å². The Morgan fingerprint density at radius 2 is 1.95 bits per heavy atom. The molecule has 0 unspecified atom stereocenters. The molecule has 0 aromatic carbocycles. The number of hydrogen-bond acceptors (Lipinski definition) is 5. The van der Waals surface area contributed by atoms with Gasteiger partial charge in [0, 0.05) is 12.7 Å². The Labute approximate surface area is 125 Å². The van der Waals surface area contributed by atoms with E-state index in [0.29, 0.717) is 18.1 Å². The van der Waals surface area contributed by atoms with Crippen molar-refractivity contribution in [3.8, 4) is 0 Å². The number of ether oxygens (including phenoxy) is 1. The zero-order valence-corrected chi connectivity index (χ0v) is 13.0. The smallest absolute Gasteiger partial charge is 0.178 e. The number of fused-ring (bicyclic) bond motifs is 1. The number of unbranched alkanes of at least 4 members (excludes halogenated alkanes) is 5. The molecule has 2 aromatic rings. The van der Waals surface area contributed by atoms with Crippen LogP contribution < -0.4 is 5.73 Å². The molecule has 6 nitrogen and oxygen atoms in total. The minimum atomic E-state index is 0.469. The molecule has 0 bridgehead atoms.